The van der Waals surface area contributed by atoms with Gasteiger partial charge in [-0.1, -0.05) is 5.16 Å². The topological polar surface area (TPSA) is 62.3 Å². The maximum Gasteiger partial charge on any atom is 0.139 e. The van der Waals surface area contributed by atoms with Gasteiger partial charge in [0, 0.05) is 18.1 Å². The van der Waals surface area contributed by atoms with Crippen molar-refractivity contribution >= 4 is 17.1 Å². The summed E-state index contributed by atoms with van der Waals surface area (Å²) in [6, 6.07) is 4.00. The average molecular weight is 244 g/mol. The molecule has 1 aliphatic heterocycles. The van der Waals surface area contributed by atoms with Crippen LogP contribution in [-0.2, 0) is 4.84 Å². The van der Waals surface area contributed by atoms with E-state index >= 15 is 0 Å². The van der Waals surface area contributed by atoms with Crippen molar-refractivity contribution in [2.24, 2.45) is 5.16 Å². The highest BCUT2D eigenvalue weighted by Crippen LogP contribution is 2.12. The molecule has 1 saturated heterocycles. The van der Waals surface area contributed by atoms with E-state index in [0.29, 0.717) is 0 Å². The van der Waals surface area contributed by atoms with Crippen LogP contribution in [0.4, 0.5) is 0 Å². The molecule has 5 heteroatoms. The van der Waals surface area contributed by atoms with Crippen molar-refractivity contribution in [1.29, 1.82) is 0 Å². The zero-order valence-corrected chi connectivity index (χ0v) is 10.1. The second kappa shape index (κ2) is 5.18. The van der Waals surface area contributed by atoms with Crippen LogP contribution in [0.25, 0.3) is 10.9 Å². The van der Waals surface area contributed by atoms with Crippen molar-refractivity contribution < 1.29 is 4.84 Å². The summed E-state index contributed by atoms with van der Waals surface area (Å²) in [4.78, 5) is 12.7. The Kier molecular flexibility index (Phi) is 3.23. The van der Waals surface area contributed by atoms with E-state index in [1.165, 1.54) is 0 Å². The van der Waals surface area contributed by atoms with Gasteiger partial charge in [-0.2, -0.15) is 0 Å². The molecule has 0 spiro atoms. The smallest absolute Gasteiger partial charge is 0.139 e. The molecule has 5 nitrogen and oxygen atoms in total. The molecule has 2 N–H and O–H groups in total. The first kappa shape index (κ1) is 11.2. The van der Waals surface area contributed by atoms with Gasteiger partial charge in [-0.25, -0.2) is 0 Å². The molecule has 2 aromatic rings. The fourth-order valence-electron chi connectivity index (χ4n) is 2.15. The number of fused-ring (bicyclic) bond motifs is 1. The molecule has 1 aliphatic rings. The van der Waals surface area contributed by atoms with Crippen LogP contribution in [0.15, 0.2) is 29.7 Å². The van der Waals surface area contributed by atoms with Gasteiger partial charge in [0.2, 0.25) is 0 Å². The van der Waals surface area contributed by atoms with Crippen molar-refractivity contribution in [3.05, 3.63) is 30.2 Å². The van der Waals surface area contributed by atoms with E-state index < -0.39 is 0 Å². The van der Waals surface area contributed by atoms with Crippen LogP contribution in [0.5, 0.6) is 0 Å². The Labute approximate surface area is 105 Å². The van der Waals surface area contributed by atoms with Crippen LogP contribution in [0.2, 0.25) is 0 Å². The Hall–Kier alpha value is -1.88. The molecule has 3 rings (SSSR count). The molecule has 1 atom stereocenters. The van der Waals surface area contributed by atoms with Crippen LogP contribution in [0.1, 0.15) is 18.5 Å². The zero-order valence-electron chi connectivity index (χ0n) is 10.1. The fourth-order valence-corrected chi connectivity index (χ4v) is 2.15. The van der Waals surface area contributed by atoms with Crippen LogP contribution >= 0.6 is 0 Å². The molecule has 1 unspecified atom stereocenters. The molecule has 0 aromatic carbocycles. The standard InChI is InChI=1S/C13H16N4O/c1-2-12(8-14-4-1)18-16-7-11-6-10-3-5-15-9-13(10)17-11/h3,5-7,9,12,14,17H,1-2,4,8H2. The van der Waals surface area contributed by atoms with Gasteiger partial charge in [-0.05, 0) is 31.5 Å². The molecule has 0 saturated carbocycles. The quantitative estimate of drug-likeness (QED) is 0.637. The number of H-pyrrole nitrogens is 1. The van der Waals surface area contributed by atoms with Gasteiger partial charge in [-0.3, -0.25) is 4.98 Å². The van der Waals surface area contributed by atoms with E-state index in [1.54, 1.807) is 18.6 Å². The first-order valence-corrected chi connectivity index (χ1v) is 6.24. The normalized spacial score (nSPS) is 20.6. The number of aromatic nitrogens is 2. The molecule has 0 bridgehead atoms. The number of piperidine rings is 1. The molecule has 2 aromatic heterocycles. The summed E-state index contributed by atoms with van der Waals surface area (Å²) in [5, 5.41) is 8.46. The van der Waals surface area contributed by atoms with E-state index in [2.05, 4.69) is 20.4 Å². The summed E-state index contributed by atoms with van der Waals surface area (Å²) < 4.78 is 0. The van der Waals surface area contributed by atoms with E-state index in [-0.39, 0.29) is 6.10 Å². The molecular formula is C13H16N4O. The lowest BCUT2D eigenvalue weighted by molar-refractivity contribution is 0.0429. The van der Waals surface area contributed by atoms with Crippen LogP contribution in [-0.4, -0.2) is 35.4 Å². The van der Waals surface area contributed by atoms with Gasteiger partial charge in [-0.15, -0.1) is 0 Å². The monoisotopic (exact) mass is 244 g/mol. The lowest BCUT2D eigenvalue weighted by Crippen LogP contribution is -2.34. The minimum atomic E-state index is 0.195. The Morgan fingerprint density at radius 3 is 3.33 bits per heavy atom. The maximum atomic E-state index is 5.45. The number of aromatic amines is 1. The number of nitrogens with one attached hydrogen (secondary N) is 2. The summed E-state index contributed by atoms with van der Waals surface area (Å²) >= 11 is 0. The summed E-state index contributed by atoms with van der Waals surface area (Å²) in [5.41, 5.74) is 1.94. The van der Waals surface area contributed by atoms with Gasteiger partial charge >= 0.3 is 0 Å². The van der Waals surface area contributed by atoms with Gasteiger partial charge in [0.15, 0.2) is 0 Å². The number of pyridine rings is 1. The summed E-state index contributed by atoms with van der Waals surface area (Å²) in [5.74, 6) is 0. The third-order valence-electron chi connectivity index (χ3n) is 3.10. The third kappa shape index (κ3) is 2.51. The number of hydrogen-bond acceptors (Lipinski definition) is 4. The Morgan fingerprint density at radius 1 is 1.50 bits per heavy atom. The molecule has 0 aliphatic carbocycles. The van der Waals surface area contributed by atoms with Crippen LogP contribution in [0.3, 0.4) is 0 Å². The maximum absolute atomic E-state index is 5.45. The first-order valence-electron chi connectivity index (χ1n) is 6.24. The average Bonchev–Trinajstić information content (AvgIpc) is 2.82. The number of hydrogen-bond donors (Lipinski definition) is 2. The lowest BCUT2D eigenvalue weighted by atomic mass is 10.1. The summed E-state index contributed by atoms with van der Waals surface area (Å²) in [6.07, 6.45) is 7.72. The van der Waals surface area contributed by atoms with E-state index in [9.17, 15) is 0 Å². The van der Waals surface area contributed by atoms with Gasteiger partial charge in [0.05, 0.1) is 23.6 Å². The van der Waals surface area contributed by atoms with Gasteiger partial charge < -0.3 is 15.1 Å². The molecule has 1 fully saturated rings. The third-order valence-corrected chi connectivity index (χ3v) is 3.10. The summed E-state index contributed by atoms with van der Waals surface area (Å²) in [7, 11) is 0. The second-order valence-electron chi connectivity index (χ2n) is 4.50. The fraction of sp³-hybridized carbons (Fsp3) is 0.385. The molecular weight excluding hydrogens is 228 g/mol. The molecule has 3 heterocycles. The number of oxime groups is 1. The molecule has 18 heavy (non-hydrogen) atoms. The van der Waals surface area contributed by atoms with Gasteiger partial charge in [0.1, 0.15) is 6.10 Å². The number of nitrogens with zero attached hydrogens (tertiary/aromatic N) is 2. The van der Waals surface area contributed by atoms with E-state index in [0.717, 1.165) is 42.5 Å². The molecule has 0 radical (unpaired) electrons. The predicted octanol–water partition coefficient (Wildman–Crippen LogP) is 1.67. The number of rotatable bonds is 3. The van der Waals surface area contributed by atoms with Crippen LogP contribution < -0.4 is 5.32 Å². The molecule has 94 valence electrons. The second-order valence-corrected chi connectivity index (χ2v) is 4.50. The van der Waals surface area contributed by atoms with E-state index in [1.807, 2.05) is 12.1 Å². The van der Waals surface area contributed by atoms with Crippen molar-refractivity contribution in [2.75, 3.05) is 13.1 Å². The zero-order chi connectivity index (χ0) is 12.2. The predicted molar refractivity (Wildman–Crippen MR) is 70.7 cm³/mol. The highest BCUT2D eigenvalue weighted by Gasteiger charge is 2.13. The van der Waals surface area contributed by atoms with Crippen molar-refractivity contribution in [3.8, 4) is 0 Å². The Bertz CT molecular complexity index is 510. The van der Waals surface area contributed by atoms with Gasteiger partial charge in [0.25, 0.3) is 0 Å². The first-order chi connectivity index (χ1) is 8.92. The minimum absolute atomic E-state index is 0.195. The SMILES string of the molecule is C(=NOC1CCCNC1)c1cc2ccncc2[nH]1. The van der Waals surface area contributed by atoms with Crippen molar-refractivity contribution in [3.63, 3.8) is 0 Å². The van der Waals surface area contributed by atoms with Crippen molar-refractivity contribution in [1.82, 2.24) is 15.3 Å². The largest absolute Gasteiger partial charge is 0.391 e. The van der Waals surface area contributed by atoms with E-state index in [4.69, 9.17) is 4.84 Å². The molecule has 0 amide bonds. The van der Waals surface area contributed by atoms with Crippen molar-refractivity contribution in [2.45, 2.75) is 18.9 Å². The Morgan fingerprint density at radius 2 is 2.50 bits per heavy atom. The lowest BCUT2D eigenvalue weighted by Gasteiger charge is -2.20. The highest BCUT2D eigenvalue weighted by atomic mass is 16.6. The van der Waals surface area contributed by atoms with Crippen LogP contribution in [0, 0.1) is 0 Å². The summed E-state index contributed by atoms with van der Waals surface area (Å²) in [6.45, 7) is 1.96. The highest BCUT2D eigenvalue weighted by molar-refractivity contribution is 5.88. The minimum Gasteiger partial charge on any atom is -0.391 e. The Balaban J connectivity index is 1.64.